The van der Waals surface area contributed by atoms with Crippen LogP contribution in [0.15, 0.2) is 6.07 Å². The van der Waals surface area contributed by atoms with Gasteiger partial charge in [0.15, 0.2) is 11.6 Å². The number of hydrogen-bond donors (Lipinski definition) is 2. The normalized spacial score (nSPS) is 11.4. The first kappa shape index (κ1) is 15.5. The van der Waals surface area contributed by atoms with E-state index >= 15 is 0 Å². The molecule has 0 aliphatic rings. The van der Waals surface area contributed by atoms with Gasteiger partial charge < -0.3 is 10.2 Å². The van der Waals surface area contributed by atoms with E-state index in [-0.39, 0.29) is 18.4 Å². The van der Waals surface area contributed by atoms with Crippen molar-refractivity contribution in [1.29, 1.82) is 5.26 Å². The summed E-state index contributed by atoms with van der Waals surface area (Å²) < 4.78 is 40.7. The van der Waals surface area contributed by atoms with Crippen LogP contribution in [-0.4, -0.2) is 23.4 Å². The largest absolute Gasteiger partial charge is 0.396 e. The molecule has 1 aromatic carbocycles. The first-order valence-electron chi connectivity index (χ1n) is 5.71. The van der Waals surface area contributed by atoms with Crippen molar-refractivity contribution in [3.8, 4) is 6.07 Å². The van der Waals surface area contributed by atoms with E-state index in [1.54, 1.807) is 6.07 Å². The molecule has 104 valence electrons. The van der Waals surface area contributed by atoms with Crippen molar-refractivity contribution in [3.63, 3.8) is 0 Å². The van der Waals surface area contributed by atoms with E-state index in [0.29, 0.717) is 6.07 Å². The molecule has 0 unspecified atom stereocenters. The Balaban J connectivity index is 3.51. The fourth-order valence-corrected chi connectivity index (χ4v) is 2.03. The number of aliphatic hydroxyl groups excluding tert-OH is 2. The summed E-state index contributed by atoms with van der Waals surface area (Å²) in [6.45, 7) is 0.188. The maximum atomic E-state index is 14.1. The van der Waals surface area contributed by atoms with Crippen LogP contribution in [0.2, 0.25) is 0 Å². The van der Waals surface area contributed by atoms with Gasteiger partial charge in [-0.1, -0.05) is 0 Å². The first-order valence-corrected chi connectivity index (χ1v) is 5.71. The van der Waals surface area contributed by atoms with Gasteiger partial charge in [0.1, 0.15) is 5.82 Å². The van der Waals surface area contributed by atoms with Gasteiger partial charge in [-0.15, -0.1) is 0 Å². The Bertz CT molecular complexity index is 506. The van der Waals surface area contributed by atoms with E-state index in [1.807, 2.05) is 0 Å². The molecule has 2 N–H and O–H groups in total. The van der Waals surface area contributed by atoms with E-state index < -0.39 is 41.6 Å². The molecule has 0 aromatic heterocycles. The van der Waals surface area contributed by atoms with Gasteiger partial charge in [0, 0.05) is 24.3 Å². The Labute approximate surface area is 108 Å². The maximum absolute atomic E-state index is 14.1. The fourth-order valence-electron chi connectivity index (χ4n) is 2.03. The number of halogens is 3. The average Bonchev–Trinajstić information content (AvgIpc) is 2.40. The lowest BCUT2D eigenvalue weighted by Gasteiger charge is -2.26. The SMILES string of the molecule is Cc1c(F)c(F)cc(C(C#N)(CCO)CCO)c1F. The van der Waals surface area contributed by atoms with Crippen molar-refractivity contribution in [3.05, 3.63) is 34.6 Å². The van der Waals surface area contributed by atoms with Crippen molar-refractivity contribution >= 4 is 0 Å². The summed E-state index contributed by atoms with van der Waals surface area (Å²) in [6, 6.07) is 2.42. The van der Waals surface area contributed by atoms with Crippen LogP contribution in [-0.2, 0) is 5.41 Å². The molecule has 0 heterocycles. The van der Waals surface area contributed by atoms with Crippen molar-refractivity contribution in [2.24, 2.45) is 0 Å². The van der Waals surface area contributed by atoms with E-state index in [2.05, 4.69) is 0 Å². The highest BCUT2D eigenvalue weighted by molar-refractivity contribution is 5.38. The number of benzene rings is 1. The van der Waals surface area contributed by atoms with Gasteiger partial charge in [0.2, 0.25) is 0 Å². The molecule has 0 bridgehead atoms. The Kier molecular flexibility index (Phi) is 4.92. The van der Waals surface area contributed by atoms with Gasteiger partial charge in [-0.25, -0.2) is 13.2 Å². The molecule has 0 atom stereocenters. The monoisotopic (exact) mass is 273 g/mol. The van der Waals surface area contributed by atoms with Gasteiger partial charge in [-0.3, -0.25) is 0 Å². The lowest BCUT2D eigenvalue weighted by Crippen LogP contribution is -2.29. The minimum Gasteiger partial charge on any atom is -0.396 e. The summed E-state index contributed by atoms with van der Waals surface area (Å²) >= 11 is 0. The molecule has 0 aliphatic carbocycles. The third-order valence-electron chi connectivity index (χ3n) is 3.18. The molecule has 1 rings (SSSR count). The van der Waals surface area contributed by atoms with E-state index in [0.717, 1.165) is 6.92 Å². The third kappa shape index (κ3) is 2.72. The van der Waals surface area contributed by atoms with Gasteiger partial charge in [0.25, 0.3) is 0 Å². The van der Waals surface area contributed by atoms with Crippen molar-refractivity contribution in [2.75, 3.05) is 13.2 Å². The maximum Gasteiger partial charge on any atom is 0.164 e. The molecule has 0 radical (unpaired) electrons. The summed E-state index contributed by atoms with van der Waals surface area (Å²) in [6.07, 6.45) is -0.350. The van der Waals surface area contributed by atoms with Gasteiger partial charge >= 0.3 is 0 Å². The molecule has 0 amide bonds. The standard InChI is InChI=1S/C13H14F3NO2/c1-8-11(15)9(6-10(14)12(8)16)13(7-17,2-4-18)3-5-19/h6,18-19H,2-5H2,1H3. The topological polar surface area (TPSA) is 64.2 Å². The highest BCUT2D eigenvalue weighted by Crippen LogP contribution is 2.35. The Hall–Kier alpha value is -1.58. The predicted octanol–water partition coefficient (Wildman–Crippen LogP) is 1.94. The van der Waals surface area contributed by atoms with E-state index in [9.17, 15) is 18.4 Å². The van der Waals surface area contributed by atoms with E-state index in [4.69, 9.17) is 10.2 Å². The van der Waals surface area contributed by atoms with Crippen LogP contribution < -0.4 is 0 Å². The molecule has 0 fully saturated rings. The Morgan fingerprint density at radius 1 is 1.16 bits per heavy atom. The highest BCUT2D eigenvalue weighted by Gasteiger charge is 2.36. The van der Waals surface area contributed by atoms with Crippen molar-refractivity contribution in [2.45, 2.75) is 25.2 Å². The Morgan fingerprint density at radius 2 is 1.68 bits per heavy atom. The number of aliphatic hydroxyl groups is 2. The smallest absolute Gasteiger partial charge is 0.164 e. The molecular formula is C13H14F3NO2. The van der Waals surface area contributed by atoms with Crippen LogP contribution in [0, 0.1) is 35.7 Å². The molecular weight excluding hydrogens is 259 g/mol. The zero-order valence-electron chi connectivity index (χ0n) is 10.4. The summed E-state index contributed by atoms with van der Waals surface area (Å²) in [7, 11) is 0. The molecule has 1 aromatic rings. The minimum absolute atomic E-state index is 0.175. The lowest BCUT2D eigenvalue weighted by atomic mass is 9.75. The summed E-state index contributed by atoms with van der Waals surface area (Å²) in [4.78, 5) is 0. The molecule has 0 saturated carbocycles. The second-order valence-corrected chi connectivity index (χ2v) is 4.30. The molecule has 6 heteroatoms. The van der Waals surface area contributed by atoms with Gasteiger partial charge in [-0.05, 0) is 25.8 Å². The summed E-state index contributed by atoms with van der Waals surface area (Å²) in [5.74, 6) is -3.59. The van der Waals surface area contributed by atoms with Gasteiger partial charge in [0.05, 0.1) is 11.5 Å². The summed E-state index contributed by atoms with van der Waals surface area (Å²) in [5, 5.41) is 27.2. The number of nitriles is 1. The highest BCUT2D eigenvalue weighted by atomic mass is 19.2. The third-order valence-corrected chi connectivity index (χ3v) is 3.18. The number of rotatable bonds is 5. The fraction of sp³-hybridized carbons (Fsp3) is 0.462. The van der Waals surface area contributed by atoms with Crippen LogP contribution >= 0.6 is 0 Å². The predicted molar refractivity (Wildman–Crippen MR) is 61.7 cm³/mol. The first-order chi connectivity index (χ1) is 8.93. The molecule has 0 aliphatic heterocycles. The van der Waals surface area contributed by atoms with Crippen molar-refractivity contribution in [1.82, 2.24) is 0 Å². The van der Waals surface area contributed by atoms with Gasteiger partial charge in [-0.2, -0.15) is 5.26 Å². The Morgan fingerprint density at radius 3 is 2.11 bits per heavy atom. The van der Waals surface area contributed by atoms with Crippen LogP contribution in [0.4, 0.5) is 13.2 Å². The van der Waals surface area contributed by atoms with Crippen molar-refractivity contribution < 1.29 is 23.4 Å². The quantitative estimate of drug-likeness (QED) is 0.806. The zero-order chi connectivity index (χ0) is 14.6. The molecule has 0 spiro atoms. The minimum atomic E-state index is -1.58. The second kappa shape index (κ2) is 6.04. The second-order valence-electron chi connectivity index (χ2n) is 4.30. The average molecular weight is 273 g/mol. The number of hydrogen-bond acceptors (Lipinski definition) is 3. The number of nitrogens with zero attached hydrogens (tertiary/aromatic N) is 1. The summed E-state index contributed by atoms with van der Waals surface area (Å²) in [5.41, 5.74) is -2.44. The van der Waals surface area contributed by atoms with Crippen LogP contribution in [0.1, 0.15) is 24.0 Å². The molecule has 3 nitrogen and oxygen atoms in total. The zero-order valence-corrected chi connectivity index (χ0v) is 10.4. The molecule has 0 saturated heterocycles. The lowest BCUT2D eigenvalue weighted by molar-refractivity contribution is 0.214. The van der Waals surface area contributed by atoms with E-state index in [1.165, 1.54) is 0 Å². The van der Waals surface area contributed by atoms with Crippen LogP contribution in [0.5, 0.6) is 0 Å². The van der Waals surface area contributed by atoms with Crippen LogP contribution in [0.3, 0.4) is 0 Å². The van der Waals surface area contributed by atoms with Crippen LogP contribution in [0.25, 0.3) is 0 Å². The molecule has 19 heavy (non-hydrogen) atoms.